The molecule has 2 heterocycles. The molecule has 0 aliphatic carbocycles. The van der Waals surface area contributed by atoms with Gasteiger partial charge in [-0.05, 0) is 64.1 Å². The van der Waals surface area contributed by atoms with E-state index in [1.54, 1.807) is 0 Å². The van der Waals surface area contributed by atoms with E-state index in [2.05, 4.69) is 37.2 Å². The predicted octanol–water partition coefficient (Wildman–Crippen LogP) is 3.30. The Labute approximate surface area is 130 Å². The molecule has 1 atom stereocenters. The fourth-order valence-corrected chi connectivity index (χ4v) is 2.87. The van der Waals surface area contributed by atoms with Gasteiger partial charge < -0.3 is 9.32 Å². The lowest BCUT2D eigenvalue weighted by molar-refractivity contribution is -0.134. The number of nitrogens with one attached hydrogen (secondary N) is 1. The summed E-state index contributed by atoms with van der Waals surface area (Å²) in [5, 5.41) is 3.21. The summed E-state index contributed by atoms with van der Waals surface area (Å²) in [5.41, 5.74) is 0. The van der Waals surface area contributed by atoms with E-state index >= 15 is 0 Å². The van der Waals surface area contributed by atoms with Crippen molar-refractivity contribution in [3.8, 4) is 0 Å². The summed E-state index contributed by atoms with van der Waals surface area (Å²) >= 11 is 6.67. The molecule has 6 heteroatoms. The molecule has 1 aliphatic heterocycles. The van der Waals surface area contributed by atoms with E-state index in [1.807, 2.05) is 17.9 Å². The number of rotatable bonds is 4. The molecule has 1 fully saturated rings. The average molecular weight is 394 g/mol. The van der Waals surface area contributed by atoms with Gasteiger partial charge in [0, 0.05) is 13.1 Å². The first kappa shape index (κ1) is 15.1. The normalized spacial score (nSPS) is 17.5. The van der Waals surface area contributed by atoms with E-state index in [1.165, 1.54) is 6.42 Å². The molecule has 0 spiro atoms. The van der Waals surface area contributed by atoms with Crippen molar-refractivity contribution in [2.75, 3.05) is 13.1 Å². The van der Waals surface area contributed by atoms with Crippen molar-refractivity contribution in [3.05, 3.63) is 21.0 Å². The zero-order valence-electron chi connectivity index (χ0n) is 10.9. The van der Waals surface area contributed by atoms with E-state index in [9.17, 15) is 4.79 Å². The molecule has 0 radical (unpaired) electrons. The smallest absolute Gasteiger partial charge is 0.239 e. The maximum absolute atomic E-state index is 12.2. The van der Waals surface area contributed by atoms with E-state index in [4.69, 9.17) is 4.42 Å². The van der Waals surface area contributed by atoms with Crippen molar-refractivity contribution in [3.63, 3.8) is 0 Å². The fraction of sp³-hybridized carbons (Fsp3) is 0.615. The highest BCUT2D eigenvalue weighted by molar-refractivity contribution is 9.13. The minimum Gasteiger partial charge on any atom is -0.452 e. The van der Waals surface area contributed by atoms with E-state index < -0.39 is 0 Å². The number of hydrogen-bond donors (Lipinski definition) is 1. The fourth-order valence-electron chi connectivity index (χ4n) is 2.21. The Balaban J connectivity index is 1.83. The zero-order valence-corrected chi connectivity index (χ0v) is 14.1. The third kappa shape index (κ3) is 4.07. The summed E-state index contributed by atoms with van der Waals surface area (Å²) in [4.78, 5) is 14.2. The molecule has 4 nitrogen and oxygen atoms in total. The molecular formula is C13H18Br2N2O2. The minimum absolute atomic E-state index is 0.180. The highest BCUT2D eigenvalue weighted by Crippen LogP contribution is 2.26. The standard InChI is InChI=1S/C13H18Br2N2O2/c1-9(13(18)17-5-3-2-4-6-17)16-8-10-7-11(14)12(15)19-10/h7,9,16H,2-6,8H2,1H3. The molecule has 0 bridgehead atoms. The largest absolute Gasteiger partial charge is 0.452 e. The van der Waals surface area contributed by atoms with Crippen LogP contribution in [0.3, 0.4) is 0 Å². The summed E-state index contributed by atoms with van der Waals surface area (Å²) < 4.78 is 7.04. The number of carbonyl (C=O) groups is 1. The maximum Gasteiger partial charge on any atom is 0.239 e. The number of carbonyl (C=O) groups excluding carboxylic acids is 1. The lowest BCUT2D eigenvalue weighted by Crippen LogP contribution is -2.46. The van der Waals surface area contributed by atoms with Gasteiger partial charge in [-0.15, -0.1) is 0 Å². The molecule has 1 aliphatic rings. The third-order valence-corrected chi connectivity index (χ3v) is 5.03. The van der Waals surface area contributed by atoms with Gasteiger partial charge in [0.15, 0.2) is 4.67 Å². The average Bonchev–Trinajstić information content (AvgIpc) is 2.75. The molecule has 1 N–H and O–H groups in total. The Bertz CT molecular complexity index is 422. The van der Waals surface area contributed by atoms with Crippen molar-refractivity contribution < 1.29 is 9.21 Å². The first-order valence-corrected chi connectivity index (χ1v) is 8.12. The first-order valence-electron chi connectivity index (χ1n) is 6.54. The van der Waals surface area contributed by atoms with Crippen molar-refractivity contribution in [2.45, 2.75) is 38.8 Å². The van der Waals surface area contributed by atoms with Crippen LogP contribution in [0.5, 0.6) is 0 Å². The Morgan fingerprint density at radius 1 is 1.42 bits per heavy atom. The van der Waals surface area contributed by atoms with Gasteiger partial charge in [0.05, 0.1) is 17.1 Å². The molecule has 106 valence electrons. The summed E-state index contributed by atoms with van der Waals surface area (Å²) in [6, 6.07) is 1.72. The van der Waals surface area contributed by atoms with Crippen LogP contribution in [0.4, 0.5) is 0 Å². The molecule has 1 unspecified atom stereocenters. The van der Waals surface area contributed by atoms with Gasteiger partial charge in [-0.1, -0.05) is 0 Å². The molecule has 2 rings (SSSR count). The molecule has 1 saturated heterocycles. The van der Waals surface area contributed by atoms with Crippen molar-refractivity contribution in [1.29, 1.82) is 0 Å². The lowest BCUT2D eigenvalue weighted by Gasteiger charge is -2.29. The SMILES string of the molecule is CC(NCc1cc(Br)c(Br)o1)C(=O)N1CCCCC1. The van der Waals surface area contributed by atoms with Crippen LogP contribution >= 0.6 is 31.9 Å². The van der Waals surface area contributed by atoms with Crippen molar-refractivity contribution in [2.24, 2.45) is 0 Å². The van der Waals surface area contributed by atoms with Gasteiger partial charge >= 0.3 is 0 Å². The van der Waals surface area contributed by atoms with Crippen molar-refractivity contribution in [1.82, 2.24) is 10.2 Å². The third-order valence-electron chi connectivity index (χ3n) is 3.32. The Morgan fingerprint density at radius 3 is 2.68 bits per heavy atom. The maximum atomic E-state index is 12.2. The van der Waals surface area contributed by atoms with Gasteiger partial charge in [-0.3, -0.25) is 10.1 Å². The van der Waals surface area contributed by atoms with Crippen LogP contribution in [0.2, 0.25) is 0 Å². The molecular weight excluding hydrogens is 376 g/mol. The summed E-state index contributed by atoms with van der Waals surface area (Å²) in [6.45, 7) is 4.24. The predicted molar refractivity (Wildman–Crippen MR) is 80.8 cm³/mol. The molecule has 0 aromatic carbocycles. The van der Waals surface area contributed by atoms with Crippen LogP contribution in [0, 0.1) is 0 Å². The number of hydrogen-bond acceptors (Lipinski definition) is 3. The quantitative estimate of drug-likeness (QED) is 0.853. The van der Waals surface area contributed by atoms with Gasteiger partial charge in [-0.25, -0.2) is 0 Å². The van der Waals surface area contributed by atoms with Crippen LogP contribution in [-0.2, 0) is 11.3 Å². The lowest BCUT2D eigenvalue weighted by atomic mass is 10.1. The molecule has 0 saturated carbocycles. The summed E-state index contributed by atoms with van der Waals surface area (Å²) in [6.07, 6.45) is 3.48. The highest BCUT2D eigenvalue weighted by Gasteiger charge is 2.21. The van der Waals surface area contributed by atoms with Gasteiger partial charge in [0.25, 0.3) is 0 Å². The van der Waals surface area contributed by atoms with E-state index in [-0.39, 0.29) is 11.9 Å². The number of furan rings is 1. The van der Waals surface area contributed by atoms with Crippen LogP contribution in [-0.4, -0.2) is 29.9 Å². The van der Waals surface area contributed by atoms with Gasteiger partial charge in [-0.2, -0.15) is 0 Å². The zero-order chi connectivity index (χ0) is 13.8. The van der Waals surface area contributed by atoms with Crippen LogP contribution in [0.1, 0.15) is 31.9 Å². The molecule has 1 amide bonds. The molecule has 19 heavy (non-hydrogen) atoms. The Hall–Kier alpha value is -0.330. The minimum atomic E-state index is -0.180. The second-order valence-electron chi connectivity index (χ2n) is 4.82. The second kappa shape index (κ2) is 6.90. The number of nitrogens with zero attached hydrogens (tertiary/aromatic N) is 1. The summed E-state index contributed by atoms with van der Waals surface area (Å²) in [5.74, 6) is 0.987. The number of piperidine rings is 1. The number of likely N-dealkylation sites (tertiary alicyclic amines) is 1. The van der Waals surface area contributed by atoms with Gasteiger partial charge in [0.1, 0.15) is 5.76 Å². The van der Waals surface area contributed by atoms with E-state index in [0.29, 0.717) is 11.2 Å². The highest BCUT2D eigenvalue weighted by atomic mass is 79.9. The number of halogens is 2. The second-order valence-corrected chi connectivity index (χ2v) is 6.40. The summed E-state index contributed by atoms with van der Waals surface area (Å²) in [7, 11) is 0. The first-order chi connectivity index (χ1) is 9.08. The molecule has 1 aromatic rings. The molecule has 1 aromatic heterocycles. The van der Waals surface area contributed by atoms with Crippen LogP contribution in [0.25, 0.3) is 0 Å². The van der Waals surface area contributed by atoms with Crippen molar-refractivity contribution >= 4 is 37.8 Å². The van der Waals surface area contributed by atoms with E-state index in [0.717, 1.165) is 36.2 Å². The number of amides is 1. The Morgan fingerprint density at radius 2 is 2.11 bits per heavy atom. The monoisotopic (exact) mass is 392 g/mol. The van der Waals surface area contributed by atoms with Gasteiger partial charge in [0.2, 0.25) is 5.91 Å². The topological polar surface area (TPSA) is 45.5 Å². The van der Waals surface area contributed by atoms with Crippen LogP contribution in [0.15, 0.2) is 19.6 Å². The van der Waals surface area contributed by atoms with Crippen LogP contribution < -0.4 is 5.32 Å². The Kier molecular flexibility index (Phi) is 5.47.